The van der Waals surface area contributed by atoms with Gasteiger partial charge in [-0.25, -0.2) is 4.98 Å². The van der Waals surface area contributed by atoms with Gasteiger partial charge in [-0.1, -0.05) is 5.16 Å². The topological polar surface area (TPSA) is 77.2 Å². The first-order valence-electron chi connectivity index (χ1n) is 7.18. The minimum Gasteiger partial charge on any atom is -0.380 e. The van der Waals surface area contributed by atoms with Gasteiger partial charge in [0.1, 0.15) is 11.9 Å². The quantitative estimate of drug-likeness (QED) is 0.855. The Morgan fingerprint density at radius 3 is 2.86 bits per heavy atom. The molecule has 0 unspecified atom stereocenters. The van der Waals surface area contributed by atoms with E-state index in [4.69, 9.17) is 14.2 Å². The van der Waals surface area contributed by atoms with Gasteiger partial charge < -0.3 is 14.2 Å². The number of methoxy groups -OCH3 is 1. The number of hydrogen-bond acceptors (Lipinski definition) is 8. The number of rotatable bonds is 4. The van der Waals surface area contributed by atoms with Crippen LogP contribution in [0.25, 0.3) is 0 Å². The van der Waals surface area contributed by atoms with Gasteiger partial charge in [0.2, 0.25) is 11.0 Å². The largest absolute Gasteiger partial charge is 0.380 e. The molecule has 21 heavy (non-hydrogen) atoms. The number of hydrogen-bond donors (Lipinski definition) is 0. The molecule has 4 rings (SSSR count). The lowest BCUT2D eigenvalue weighted by atomic mass is 10.2. The molecule has 0 spiro atoms. The molecule has 1 saturated heterocycles. The van der Waals surface area contributed by atoms with Crippen molar-refractivity contribution in [3.8, 4) is 0 Å². The van der Waals surface area contributed by atoms with Gasteiger partial charge in [0.25, 0.3) is 0 Å². The Bertz CT molecular complexity index is 638. The normalized spacial score (nSPS) is 25.7. The molecular weight excluding hydrogens is 290 g/mol. The van der Waals surface area contributed by atoms with E-state index in [1.807, 2.05) is 6.92 Å². The second kappa shape index (κ2) is 5.03. The Kier molecular flexibility index (Phi) is 3.15. The average Bonchev–Trinajstić information content (AvgIpc) is 2.93. The lowest BCUT2D eigenvalue weighted by Gasteiger charge is -2.19. The summed E-state index contributed by atoms with van der Waals surface area (Å²) in [6.07, 6.45) is 3.40. The Morgan fingerprint density at radius 2 is 2.19 bits per heavy atom. The Morgan fingerprint density at radius 1 is 1.33 bits per heavy atom. The van der Waals surface area contributed by atoms with Gasteiger partial charge in [-0.3, -0.25) is 0 Å². The molecule has 2 fully saturated rings. The highest BCUT2D eigenvalue weighted by Crippen LogP contribution is 2.42. The van der Waals surface area contributed by atoms with Gasteiger partial charge in [-0.05, 0) is 19.8 Å². The van der Waals surface area contributed by atoms with E-state index in [2.05, 4.69) is 19.4 Å². The first-order valence-corrected chi connectivity index (χ1v) is 7.95. The number of ether oxygens (including phenoxy) is 1. The minimum atomic E-state index is 0.0242. The minimum absolute atomic E-state index is 0.0242. The molecular formula is C13H17N5O2S. The molecule has 0 N–H and O–H groups in total. The van der Waals surface area contributed by atoms with Gasteiger partial charge in [-0.2, -0.15) is 9.36 Å². The molecule has 1 saturated carbocycles. The smallest absolute Gasteiger partial charge is 0.249 e. The third-order valence-electron chi connectivity index (χ3n) is 4.04. The van der Waals surface area contributed by atoms with Crippen LogP contribution in [0, 0.1) is 6.92 Å². The predicted molar refractivity (Wildman–Crippen MR) is 76.4 cm³/mol. The molecule has 1 aliphatic carbocycles. The van der Waals surface area contributed by atoms with Crippen molar-refractivity contribution in [2.45, 2.75) is 44.2 Å². The van der Waals surface area contributed by atoms with Crippen LogP contribution in [0.1, 0.15) is 48.8 Å². The second-order valence-corrected chi connectivity index (χ2v) is 6.38. The summed E-state index contributed by atoms with van der Waals surface area (Å²) in [5.74, 6) is 2.84. The van der Waals surface area contributed by atoms with Crippen LogP contribution in [0.15, 0.2) is 4.52 Å². The number of nitrogens with zero attached hydrogens (tertiary/aromatic N) is 5. The highest BCUT2D eigenvalue weighted by atomic mass is 32.1. The third-order valence-corrected chi connectivity index (χ3v) is 4.81. The van der Waals surface area contributed by atoms with Gasteiger partial charge in [0.05, 0.1) is 6.10 Å². The molecule has 2 atom stereocenters. The summed E-state index contributed by atoms with van der Waals surface area (Å²) in [4.78, 5) is 11.3. The van der Waals surface area contributed by atoms with E-state index >= 15 is 0 Å². The van der Waals surface area contributed by atoms with E-state index in [1.165, 1.54) is 24.4 Å². The van der Waals surface area contributed by atoms with Crippen LogP contribution in [0.2, 0.25) is 0 Å². The van der Waals surface area contributed by atoms with Crippen molar-refractivity contribution in [1.29, 1.82) is 0 Å². The number of anilines is 1. The molecule has 112 valence electrons. The van der Waals surface area contributed by atoms with E-state index in [-0.39, 0.29) is 12.1 Å². The Labute approximate surface area is 126 Å². The van der Waals surface area contributed by atoms with Crippen molar-refractivity contribution in [1.82, 2.24) is 19.5 Å². The molecule has 2 aliphatic rings. The maximum absolute atomic E-state index is 5.51. The summed E-state index contributed by atoms with van der Waals surface area (Å²) < 4.78 is 15.4. The summed E-state index contributed by atoms with van der Waals surface area (Å²) in [6, 6.07) is 0.0242. The molecule has 2 aromatic heterocycles. The lowest BCUT2D eigenvalue weighted by molar-refractivity contribution is 0.117. The van der Waals surface area contributed by atoms with Crippen molar-refractivity contribution in [3.63, 3.8) is 0 Å². The number of aryl methyl sites for hydroxylation is 1. The predicted octanol–water partition coefficient (Wildman–Crippen LogP) is 2.07. The number of aromatic nitrogens is 4. The van der Waals surface area contributed by atoms with E-state index in [0.717, 1.165) is 23.9 Å². The molecule has 0 radical (unpaired) electrons. The fraction of sp³-hybridized carbons (Fsp3) is 0.692. The summed E-state index contributed by atoms with van der Waals surface area (Å²) in [6.45, 7) is 2.61. The van der Waals surface area contributed by atoms with Crippen LogP contribution in [-0.4, -0.2) is 39.3 Å². The zero-order valence-corrected chi connectivity index (χ0v) is 12.8. The second-order valence-electron chi connectivity index (χ2n) is 5.65. The average molecular weight is 307 g/mol. The highest BCUT2D eigenvalue weighted by molar-refractivity contribution is 7.09. The van der Waals surface area contributed by atoms with Crippen molar-refractivity contribution in [3.05, 3.63) is 17.5 Å². The molecule has 7 nitrogen and oxygen atoms in total. The van der Waals surface area contributed by atoms with Crippen molar-refractivity contribution >= 4 is 16.7 Å². The van der Waals surface area contributed by atoms with Crippen LogP contribution >= 0.6 is 11.5 Å². The zero-order valence-electron chi connectivity index (χ0n) is 12.0. The lowest BCUT2D eigenvalue weighted by Crippen LogP contribution is -2.24. The van der Waals surface area contributed by atoms with Crippen LogP contribution in [-0.2, 0) is 4.74 Å². The highest BCUT2D eigenvalue weighted by Gasteiger charge is 2.39. The molecule has 2 aromatic rings. The van der Waals surface area contributed by atoms with Crippen LogP contribution < -0.4 is 4.90 Å². The Balaban J connectivity index is 1.63. The summed E-state index contributed by atoms with van der Waals surface area (Å²) in [5.41, 5.74) is 0. The van der Waals surface area contributed by atoms with Crippen molar-refractivity contribution in [2.24, 2.45) is 0 Å². The molecule has 8 heteroatoms. The van der Waals surface area contributed by atoms with E-state index < -0.39 is 0 Å². The van der Waals surface area contributed by atoms with E-state index in [9.17, 15) is 0 Å². The monoisotopic (exact) mass is 307 g/mol. The first-order chi connectivity index (χ1) is 10.2. The summed E-state index contributed by atoms with van der Waals surface area (Å²) >= 11 is 1.45. The summed E-state index contributed by atoms with van der Waals surface area (Å²) in [5, 5.41) is 4.83. The maximum Gasteiger partial charge on any atom is 0.249 e. The van der Waals surface area contributed by atoms with Gasteiger partial charge in [0, 0.05) is 37.5 Å². The Hall–Kier alpha value is -1.54. The SMILES string of the molecule is CO[C@H]1C[C@H](c2nc(C)no2)N(c2nc(C3CC3)ns2)C1. The molecule has 0 aromatic carbocycles. The fourth-order valence-electron chi connectivity index (χ4n) is 2.71. The van der Waals surface area contributed by atoms with E-state index in [1.54, 1.807) is 7.11 Å². The van der Waals surface area contributed by atoms with E-state index in [0.29, 0.717) is 17.6 Å². The zero-order chi connectivity index (χ0) is 14.4. The third kappa shape index (κ3) is 2.42. The van der Waals surface area contributed by atoms with Crippen LogP contribution in [0.3, 0.4) is 0 Å². The van der Waals surface area contributed by atoms with Gasteiger partial charge >= 0.3 is 0 Å². The first kappa shape index (κ1) is 13.1. The maximum atomic E-state index is 5.51. The molecule has 0 amide bonds. The van der Waals surface area contributed by atoms with Gasteiger partial charge in [-0.15, -0.1) is 0 Å². The summed E-state index contributed by atoms with van der Waals surface area (Å²) in [7, 11) is 1.74. The molecule has 1 aliphatic heterocycles. The van der Waals surface area contributed by atoms with Gasteiger partial charge in [0.15, 0.2) is 5.82 Å². The van der Waals surface area contributed by atoms with Crippen molar-refractivity contribution in [2.75, 3.05) is 18.6 Å². The van der Waals surface area contributed by atoms with Crippen molar-refractivity contribution < 1.29 is 9.26 Å². The fourth-order valence-corrected chi connectivity index (χ4v) is 3.52. The van der Waals surface area contributed by atoms with Crippen LogP contribution in [0.4, 0.5) is 5.13 Å². The molecule has 3 heterocycles. The standard InChI is InChI=1S/C13H17N5O2S/c1-7-14-12(20-16-7)10-5-9(19-2)6-18(10)13-15-11(17-21-13)8-3-4-8/h8-10H,3-6H2,1-2H3/t9-,10+/m0/s1. The molecule has 0 bridgehead atoms. The van der Waals surface area contributed by atoms with Crippen LogP contribution in [0.5, 0.6) is 0 Å².